The number of hydrogen-bond acceptors (Lipinski definition) is 3. The fraction of sp³-hybridized carbons (Fsp3) is 1.00. The lowest BCUT2D eigenvalue weighted by Crippen LogP contribution is -2.52. The molecule has 1 rings (SSSR count). The van der Waals surface area contributed by atoms with Gasteiger partial charge in [0.2, 0.25) is 0 Å². The number of rotatable bonds is 4. The molecule has 3 heteroatoms. The second-order valence-electron chi connectivity index (χ2n) is 4.96. The molecule has 0 aliphatic heterocycles. The maximum Gasteiger partial charge on any atom is 0.0693 e. The Bertz CT molecular complexity index is 171. The number of nitrogens with one attached hydrogen (secondary N) is 1. The van der Waals surface area contributed by atoms with E-state index in [9.17, 15) is 5.11 Å². The molecular formula is C11H23NO2. The average Bonchev–Trinajstić information content (AvgIpc) is 2.08. The van der Waals surface area contributed by atoms with Crippen LogP contribution in [0.3, 0.4) is 0 Å². The highest BCUT2D eigenvalue weighted by molar-refractivity contribution is 4.87. The Morgan fingerprint density at radius 3 is 2.50 bits per heavy atom. The maximum atomic E-state index is 9.78. The van der Waals surface area contributed by atoms with Crippen molar-refractivity contribution in [3.05, 3.63) is 0 Å². The third-order valence-electron chi connectivity index (χ3n) is 3.04. The molecule has 0 radical (unpaired) electrons. The van der Waals surface area contributed by atoms with E-state index in [1.165, 1.54) is 6.42 Å². The molecule has 0 heterocycles. The van der Waals surface area contributed by atoms with Crippen molar-refractivity contribution in [3.63, 3.8) is 0 Å². The molecule has 1 aliphatic carbocycles. The molecule has 84 valence electrons. The zero-order valence-corrected chi connectivity index (χ0v) is 9.29. The van der Waals surface area contributed by atoms with Crippen LogP contribution in [-0.4, -0.2) is 34.5 Å². The van der Waals surface area contributed by atoms with E-state index < -0.39 is 0 Å². The summed E-state index contributed by atoms with van der Waals surface area (Å²) in [6.45, 7) is 4.35. The first-order valence-corrected chi connectivity index (χ1v) is 5.62. The summed E-state index contributed by atoms with van der Waals surface area (Å²) in [7, 11) is 0. The van der Waals surface area contributed by atoms with Crippen molar-refractivity contribution in [2.75, 3.05) is 6.61 Å². The van der Waals surface area contributed by atoms with E-state index in [1.54, 1.807) is 0 Å². The fourth-order valence-electron chi connectivity index (χ4n) is 2.13. The predicted molar refractivity (Wildman–Crippen MR) is 57.2 cm³/mol. The Morgan fingerprint density at radius 1 is 1.29 bits per heavy atom. The van der Waals surface area contributed by atoms with Crippen LogP contribution < -0.4 is 5.32 Å². The van der Waals surface area contributed by atoms with Gasteiger partial charge in [0, 0.05) is 18.2 Å². The highest BCUT2D eigenvalue weighted by Crippen LogP contribution is 2.21. The monoisotopic (exact) mass is 201 g/mol. The van der Waals surface area contributed by atoms with Gasteiger partial charge in [-0.3, -0.25) is 0 Å². The minimum absolute atomic E-state index is 0.0717. The first-order chi connectivity index (χ1) is 6.55. The average molecular weight is 201 g/mol. The van der Waals surface area contributed by atoms with E-state index in [0.29, 0.717) is 0 Å². The molecule has 0 aromatic rings. The molecule has 1 saturated carbocycles. The van der Waals surface area contributed by atoms with Crippen LogP contribution in [0.4, 0.5) is 0 Å². The highest BCUT2D eigenvalue weighted by atomic mass is 16.3. The van der Waals surface area contributed by atoms with Crippen LogP contribution in [0.1, 0.15) is 46.0 Å². The van der Waals surface area contributed by atoms with Crippen LogP contribution in [0, 0.1) is 0 Å². The lowest BCUT2D eigenvalue weighted by molar-refractivity contribution is 0.0713. The Hall–Kier alpha value is -0.120. The molecular weight excluding hydrogens is 178 g/mol. The quantitative estimate of drug-likeness (QED) is 0.637. The molecule has 3 nitrogen and oxygen atoms in total. The van der Waals surface area contributed by atoms with E-state index in [0.717, 1.165) is 25.7 Å². The van der Waals surface area contributed by atoms with E-state index in [-0.39, 0.29) is 24.3 Å². The molecule has 3 N–H and O–H groups in total. The minimum Gasteiger partial charge on any atom is -0.396 e. The fourth-order valence-corrected chi connectivity index (χ4v) is 2.13. The van der Waals surface area contributed by atoms with Crippen molar-refractivity contribution in [3.8, 4) is 0 Å². The van der Waals surface area contributed by atoms with Gasteiger partial charge in [-0.05, 0) is 33.1 Å². The molecule has 2 atom stereocenters. The smallest absolute Gasteiger partial charge is 0.0693 e. The molecule has 1 fully saturated rings. The predicted octanol–water partition coefficient (Wildman–Crippen LogP) is 1.04. The third kappa shape index (κ3) is 3.56. The van der Waals surface area contributed by atoms with Crippen LogP contribution in [0.25, 0.3) is 0 Å². The molecule has 0 saturated heterocycles. The van der Waals surface area contributed by atoms with Crippen molar-refractivity contribution >= 4 is 0 Å². The number of aliphatic hydroxyl groups excluding tert-OH is 2. The Kier molecular flexibility index (Phi) is 4.35. The molecule has 0 bridgehead atoms. The van der Waals surface area contributed by atoms with Crippen molar-refractivity contribution in [1.82, 2.24) is 5.32 Å². The number of aliphatic hydroxyl groups is 2. The van der Waals surface area contributed by atoms with Gasteiger partial charge in [-0.2, -0.15) is 0 Å². The van der Waals surface area contributed by atoms with Crippen LogP contribution in [0.2, 0.25) is 0 Å². The topological polar surface area (TPSA) is 52.5 Å². The van der Waals surface area contributed by atoms with E-state index in [1.807, 2.05) is 0 Å². The van der Waals surface area contributed by atoms with Crippen LogP contribution >= 0.6 is 0 Å². The largest absolute Gasteiger partial charge is 0.396 e. The van der Waals surface area contributed by atoms with Crippen molar-refractivity contribution in [2.45, 2.75) is 63.6 Å². The second-order valence-corrected chi connectivity index (χ2v) is 4.96. The minimum atomic E-state index is -0.207. The molecule has 0 aromatic heterocycles. The SMILES string of the molecule is CC(C)(CCO)NC1CCCCC1O. The van der Waals surface area contributed by atoms with Gasteiger partial charge in [-0.15, -0.1) is 0 Å². The van der Waals surface area contributed by atoms with E-state index >= 15 is 0 Å². The summed E-state index contributed by atoms with van der Waals surface area (Å²) in [5.74, 6) is 0. The zero-order chi connectivity index (χ0) is 10.6. The van der Waals surface area contributed by atoms with Crippen LogP contribution in [0.5, 0.6) is 0 Å². The first-order valence-electron chi connectivity index (χ1n) is 5.62. The van der Waals surface area contributed by atoms with Crippen LogP contribution in [-0.2, 0) is 0 Å². The lowest BCUT2D eigenvalue weighted by Gasteiger charge is -2.36. The summed E-state index contributed by atoms with van der Waals surface area (Å²) in [5.41, 5.74) is -0.0717. The summed E-state index contributed by atoms with van der Waals surface area (Å²) < 4.78 is 0. The molecule has 1 aliphatic rings. The summed E-state index contributed by atoms with van der Waals surface area (Å²) >= 11 is 0. The first kappa shape index (κ1) is 12.0. The van der Waals surface area contributed by atoms with Crippen LogP contribution in [0.15, 0.2) is 0 Å². The Morgan fingerprint density at radius 2 is 1.93 bits per heavy atom. The second kappa shape index (κ2) is 5.10. The Labute approximate surface area is 86.5 Å². The van der Waals surface area contributed by atoms with Crippen molar-refractivity contribution in [1.29, 1.82) is 0 Å². The van der Waals surface area contributed by atoms with E-state index in [4.69, 9.17) is 5.11 Å². The molecule has 0 amide bonds. The van der Waals surface area contributed by atoms with Crippen molar-refractivity contribution < 1.29 is 10.2 Å². The normalized spacial score (nSPS) is 29.1. The van der Waals surface area contributed by atoms with Gasteiger partial charge in [-0.1, -0.05) is 12.8 Å². The van der Waals surface area contributed by atoms with Gasteiger partial charge in [0.05, 0.1) is 6.10 Å². The maximum absolute atomic E-state index is 9.78. The molecule has 2 unspecified atom stereocenters. The Balaban J connectivity index is 2.40. The van der Waals surface area contributed by atoms with E-state index in [2.05, 4.69) is 19.2 Å². The molecule has 0 aromatic carbocycles. The van der Waals surface area contributed by atoms with Gasteiger partial charge >= 0.3 is 0 Å². The van der Waals surface area contributed by atoms with Gasteiger partial charge in [0.15, 0.2) is 0 Å². The number of hydrogen-bond donors (Lipinski definition) is 3. The van der Waals surface area contributed by atoms with Gasteiger partial charge < -0.3 is 15.5 Å². The summed E-state index contributed by atoms with van der Waals surface area (Å²) in [6, 6.07) is 0.213. The van der Waals surface area contributed by atoms with Gasteiger partial charge in [0.25, 0.3) is 0 Å². The summed E-state index contributed by atoms with van der Waals surface area (Å²) in [5, 5.41) is 22.1. The molecule has 14 heavy (non-hydrogen) atoms. The van der Waals surface area contributed by atoms with Gasteiger partial charge in [0.1, 0.15) is 0 Å². The molecule has 0 spiro atoms. The lowest BCUT2D eigenvalue weighted by atomic mass is 9.89. The summed E-state index contributed by atoms with van der Waals surface area (Å²) in [6.07, 6.45) is 4.82. The summed E-state index contributed by atoms with van der Waals surface area (Å²) in [4.78, 5) is 0. The third-order valence-corrected chi connectivity index (χ3v) is 3.04. The zero-order valence-electron chi connectivity index (χ0n) is 9.29. The highest BCUT2D eigenvalue weighted by Gasteiger charge is 2.28. The van der Waals surface area contributed by atoms with Crippen molar-refractivity contribution in [2.24, 2.45) is 0 Å². The van der Waals surface area contributed by atoms with Gasteiger partial charge in [-0.25, -0.2) is 0 Å². The standard InChI is InChI=1S/C11H23NO2/c1-11(2,7-8-13)12-9-5-3-4-6-10(9)14/h9-10,12-14H,3-8H2,1-2H3.